The number of halogens is 3. The zero-order valence-electron chi connectivity index (χ0n) is 6.09. The van der Waals surface area contributed by atoms with Gasteiger partial charge in [0, 0.05) is 4.47 Å². The number of hydrogen-bond donors (Lipinski definition) is 0. The van der Waals surface area contributed by atoms with Crippen LogP contribution in [0.25, 0.3) is 11.1 Å². The van der Waals surface area contributed by atoms with Crippen molar-refractivity contribution in [3.63, 3.8) is 0 Å². The second kappa shape index (κ2) is 3.16. The van der Waals surface area contributed by atoms with Gasteiger partial charge in [0.15, 0.2) is 11.0 Å². The molecule has 3 nitrogen and oxygen atoms in total. The molecular formula is C7H2BrClFN2O+. The molecule has 66 valence electrons. The van der Waals surface area contributed by atoms with Gasteiger partial charge in [-0.3, -0.25) is 0 Å². The van der Waals surface area contributed by atoms with Crippen molar-refractivity contribution in [1.82, 2.24) is 10.1 Å². The monoisotopic (exact) mass is 263 g/mol. The minimum atomic E-state index is -0.502. The van der Waals surface area contributed by atoms with E-state index in [1.165, 1.54) is 6.07 Å². The Morgan fingerprint density at radius 1 is 1.46 bits per heavy atom. The van der Waals surface area contributed by atoms with Gasteiger partial charge in [-0.1, -0.05) is 20.5 Å². The first-order valence-electron chi connectivity index (χ1n) is 3.28. The lowest BCUT2D eigenvalue weighted by Crippen LogP contribution is -1.87. The maximum Gasteiger partial charge on any atom is 0.429 e. The van der Waals surface area contributed by atoms with Crippen LogP contribution in [0.15, 0.2) is 21.1 Å². The normalized spacial score (nSPS) is 10.7. The minimum absolute atomic E-state index is 0.0724. The maximum atomic E-state index is 13.2. The van der Waals surface area contributed by atoms with Gasteiger partial charge in [-0.25, -0.2) is 4.39 Å². The summed E-state index contributed by atoms with van der Waals surface area (Å²) in [5.41, 5.74) is 0.319. The van der Waals surface area contributed by atoms with E-state index in [1.807, 2.05) is 0 Å². The fourth-order valence-corrected chi connectivity index (χ4v) is 1.45. The summed E-state index contributed by atoms with van der Waals surface area (Å²) in [4.78, 5) is 3.68. The summed E-state index contributed by atoms with van der Waals surface area (Å²) in [6.07, 6.45) is 0. The predicted octanol–water partition coefficient (Wildman–Crippen LogP) is 3.06. The van der Waals surface area contributed by atoms with E-state index >= 15 is 0 Å². The number of benzene rings is 1. The van der Waals surface area contributed by atoms with Crippen LogP contribution in [0.3, 0.4) is 0 Å². The first kappa shape index (κ1) is 8.77. The summed E-state index contributed by atoms with van der Waals surface area (Å²) in [6, 6.07) is 2.84. The molecule has 0 aliphatic heterocycles. The van der Waals surface area contributed by atoms with Crippen LogP contribution in [0, 0.1) is 5.82 Å². The summed E-state index contributed by atoms with van der Waals surface area (Å²) < 4.78 is 18.5. The molecule has 0 fully saturated rings. The third-order valence-electron chi connectivity index (χ3n) is 1.42. The molecule has 0 spiro atoms. The minimum Gasteiger partial charge on any atom is -0.204 e. The van der Waals surface area contributed by atoms with Crippen molar-refractivity contribution in [2.45, 2.75) is 0 Å². The fraction of sp³-hybridized carbons (Fsp3) is 0. The lowest BCUT2D eigenvalue weighted by molar-refractivity contribution is 0.433. The van der Waals surface area contributed by atoms with E-state index < -0.39 is 5.82 Å². The number of nitrogens with zero attached hydrogens (tertiary/aromatic N) is 2. The molecule has 0 saturated heterocycles. The van der Waals surface area contributed by atoms with Crippen LogP contribution in [-0.4, -0.2) is 10.1 Å². The van der Waals surface area contributed by atoms with E-state index in [2.05, 4.69) is 26.1 Å². The molecule has 0 unspecified atom stereocenters. The van der Waals surface area contributed by atoms with Gasteiger partial charge in [0.2, 0.25) is 5.52 Å². The highest BCUT2D eigenvalue weighted by atomic mass is 79.9. The largest absolute Gasteiger partial charge is 0.429 e. The lowest BCUT2D eigenvalue weighted by Gasteiger charge is -1.89. The summed E-state index contributed by atoms with van der Waals surface area (Å²) >= 11 is 8.55. The Labute approximate surface area is 85.6 Å². The first-order valence-corrected chi connectivity index (χ1v) is 4.45. The molecule has 0 N–H and O–H groups in total. The molecule has 1 aromatic carbocycles. The number of hydrogen-bond acceptors (Lipinski definition) is 2. The molecule has 0 bridgehead atoms. The predicted molar refractivity (Wildman–Crippen MR) is 48.9 cm³/mol. The van der Waals surface area contributed by atoms with Crippen LogP contribution >= 0.6 is 27.5 Å². The van der Waals surface area contributed by atoms with Crippen molar-refractivity contribution in [2.75, 3.05) is 0 Å². The van der Waals surface area contributed by atoms with E-state index in [0.29, 0.717) is 4.47 Å². The van der Waals surface area contributed by atoms with Gasteiger partial charge in [0.25, 0.3) is 0 Å². The van der Waals surface area contributed by atoms with Crippen molar-refractivity contribution in [1.29, 1.82) is 0 Å². The molecule has 0 amide bonds. The highest BCUT2D eigenvalue weighted by molar-refractivity contribution is 9.10. The summed E-state index contributed by atoms with van der Waals surface area (Å²) in [5, 5.41) is 3.26. The van der Waals surface area contributed by atoms with Crippen LogP contribution in [-0.2, 0) is 0 Å². The Bertz CT molecular complexity index is 479. The molecule has 2 aromatic rings. The van der Waals surface area contributed by atoms with Crippen LogP contribution in [0.4, 0.5) is 4.39 Å². The fourth-order valence-electron chi connectivity index (χ4n) is 0.920. The molecule has 0 saturated carbocycles. The van der Waals surface area contributed by atoms with Crippen molar-refractivity contribution in [3.8, 4) is 0 Å². The molecule has 0 aliphatic carbocycles. The average molecular weight is 264 g/mol. The van der Waals surface area contributed by atoms with Crippen molar-refractivity contribution >= 4 is 38.6 Å². The molecule has 0 aliphatic rings. The SMILES string of the molecule is Fc1cc(Br)cc2[o+]nc(Cl)nc12. The van der Waals surface area contributed by atoms with Gasteiger partial charge < -0.3 is 0 Å². The molecular weight excluding hydrogens is 262 g/mol. The molecule has 0 atom stereocenters. The third-order valence-corrected chi connectivity index (χ3v) is 2.03. The van der Waals surface area contributed by atoms with Crippen LogP contribution in [0.1, 0.15) is 0 Å². The molecule has 2 rings (SSSR count). The Balaban J connectivity index is 2.87. The Morgan fingerprint density at radius 3 is 3.00 bits per heavy atom. The molecule has 13 heavy (non-hydrogen) atoms. The van der Waals surface area contributed by atoms with E-state index in [4.69, 9.17) is 16.1 Å². The molecule has 1 aromatic heterocycles. The Hall–Kier alpha value is -0.810. The smallest absolute Gasteiger partial charge is 0.204 e. The van der Waals surface area contributed by atoms with Crippen LogP contribution in [0.5, 0.6) is 0 Å². The molecule has 1 heterocycles. The van der Waals surface area contributed by atoms with Gasteiger partial charge in [0.1, 0.15) is 0 Å². The summed E-state index contributed by atoms with van der Waals surface area (Å²) in [5.74, 6) is -0.502. The van der Waals surface area contributed by atoms with Gasteiger partial charge in [-0.2, -0.15) is 4.98 Å². The van der Waals surface area contributed by atoms with E-state index in [9.17, 15) is 4.39 Å². The quantitative estimate of drug-likeness (QED) is 0.686. The standard InChI is InChI=1S/C7H2BrClFN2O/c8-3-1-4(10)6-5(2-3)13-12-7(9)11-6/h1-2H/q+1. The third kappa shape index (κ3) is 1.62. The van der Waals surface area contributed by atoms with Crippen LogP contribution in [0.2, 0.25) is 5.28 Å². The maximum absolute atomic E-state index is 13.2. The number of fused-ring (bicyclic) bond motifs is 1. The second-order valence-electron chi connectivity index (χ2n) is 2.30. The lowest BCUT2D eigenvalue weighted by atomic mass is 10.3. The van der Waals surface area contributed by atoms with E-state index in [0.717, 1.165) is 0 Å². The highest BCUT2D eigenvalue weighted by Crippen LogP contribution is 2.21. The highest BCUT2D eigenvalue weighted by Gasteiger charge is 2.16. The molecule has 0 radical (unpaired) electrons. The molecule has 6 heteroatoms. The Morgan fingerprint density at radius 2 is 2.23 bits per heavy atom. The van der Waals surface area contributed by atoms with Crippen LogP contribution < -0.4 is 0 Å². The zero-order valence-corrected chi connectivity index (χ0v) is 8.43. The Kier molecular flexibility index (Phi) is 2.13. The summed E-state index contributed by atoms with van der Waals surface area (Å²) in [7, 11) is 0. The van der Waals surface area contributed by atoms with E-state index in [1.54, 1.807) is 6.07 Å². The first-order chi connectivity index (χ1) is 6.16. The topological polar surface area (TPSA) is 37.1 Å². The van der Waals surface area contributed by atoms with Gasteiger partial charge in [-0.15, -0.1) is 0 Å². The summed E-state index contributed by atoms with van der Waals surface area (Å²) in [6.45, 7) is 0. The number of aromatic nitrogens is 2. The zero-order chi connectivity index (χ0) is 9.42. The second-order valence-corrected chi connectivity index (χ2v) is 3.55. The van der Waals surface area contributed by atoms with Crippen molar-refractivity contribution in [2.24, 2.45) is 0 Å². The van der Waals surface area contributed by atoms with Gasteiger partial charge in [-0.05, 0) is 17.7 Å². The van der Waals surface area contributed by atoms with Crippen molar-refractivity contribution < 1.29 is 8.91 Å². The van der Waals surface area contributed by atoms with Gasteiger partial charge in [0.05, 0.1) is 6.07 Å². The van der Waals surface area contributed by atoms with Crippen molar-refractivity contribution in [3.05, 3.63) is 27.7 Å². The average Bonchev–Trinajstić information content (AvgIpc) is 2.06. The van der Waals surface area contributed by atoms with E-state index in [-0.39, 0.29) is 16.4 Å². The number of rotatable bonds is 0. The van der Waals surface area contributed by atoms with Gasteiger partial charge >= 0.3 is 10.9 Å².